The molecule has 0 radical (unpaired) electrons. The third-order valence-electron chi connectivity index (χ3n) is 1.35. The molecule has 1 aromatic rings. The van der Waals surface area contributed by atoms with Gasteiger partial charge in [-0.15, -0.1) is 0 Å². The van der Waals surface area contributed by atoms with Crippen LogP contribution in [0.1, 0.15) is 53.2 Å². The molecule has 0 aliphatic rings. The van der Waals surface area contributed by atoms with Crippen molar-refractivity contribution in [3.8, 4) is 0 Å². The van der Waals surface area contributed by atoms with E-state index in [1.54, 1.807) is 10.9 Å². The molecule has 3 heteroatoms. The summed E-state index contributed by atoms with van der Waals surface area (Å²) in [5.41, 5.74) is 1.20. The molecule has 1 aromatic heterocycles. The highest BCUT2D eigenvalue weighted by Crippen LogP contribution is 2.04. The van der Waals surface area contributed by atoms with E-state index in [0.29, 0.717) is 0 Å². The van der Waals surface area contributed by atoms with E-state index in [2.05, 4.69) is 16.7 Å². The minimum Gasteiger partial charge on any atom is -0.222 e. The Morgan fingerprint density at radius 3 is 2.06 bits per heavy atom. The second kappa shape index (κ2) is 10.1. The van der Waals surface area contributed by atoms with Crippen LogP contribution in [-0.4, -0.2) is 14.8 Å². The maximum Gasteiger partial charge on any atom is 0.155 e. The van der Waals surface area contributed by atoms with Gasteiger partial charge in [0.2, 0.25) is 0 Å². The molecule has 0 aliphatic heterocycles. The van der Waals surface area contributed by atoms with Gasteiger partial charge in [-0.2, -0.15) is 5.10 Å². The lowest BCUT2D eigenvalue weighted by molar-refractivity contribution is 0.904. The van der Waals surface area contributed by atoms with Crippen LogP contribution in [0.5, 0.6) is 0 Å². The summed E-state index contributed by atoms with van der Waals surface area (Å²) in [6.07, 6.45) is 3.62. The zero-order chi connectivity index (χ0) is 13.1. The van der Waals surface area contributed by atoms with E-state index in [9.17, 15) is 0 Å². The van der Waals surface area contributed by atoms with Crippen LogP contribution in [0.3, 0.4) is 0 Å². The van der Waals surface area contributed by atoms with Gasteiger partial charge >= 0.3 is 0 Å². The Morgan fingerprint density at radius 2 is 1.69 bits per heavy atom. The second-order valence-electron chi connectivity index (χ2n) is 2.87. The Kier molecular flexibility index (Phi) is 10.8. The minimum atomic E-state index is 0.766. The largest absolute Gasteiger partial charge is 0.222 e. The number of allylic oxidation sites excluding steroid dienone is 1. The van der Waals surface area contributed by atoms with Crippen LogP contribution in [0.25, 0.3) is 12.3 Å². The van der Waals surface area contributed by atoms with Crippen LogP contribution in [0, 0.1) is 6.92 Å². The van der Waals surface area contributed by atoms with E-state index in [1.165, 1.54) is 5.57 Å². The average Bonchev–Trinajstić information content (AvgIpc) is 2.63. The van der Waals surface area contributed by atoms with Crippen molar-refractivity contribution in [3.63, 3.8) is 0 Å². The van der Waals surface area contributed by atoms with Gasteiger partial charge in [0.1, 0.15) is 5.82 Å². The lowest BCUT2D eigenvalue weighted by Crippen LogP contribution is -1.91. The first-order chi connectivity index (χ1) is 7.63. The standard InChI is InChI=1S/C9H13N3.2C2H6/c1-5-12-9(6-7(2)3)10-8(4)11-12;2*1-2/h5-6H,1H2,2-4H3;2*1-2H3. The Balaban J connectivity index is 0. The van der Waals surface area contributed by atoms with E-state index in [1.807, 2.05) is 54.5 Å². The third-order valence-corrected chi connectivity index (χ3v) is 1.35. The van der Waals surface area contributed by atoms with Gasteiger partial charge in [0, 0.05) is 6.20 Å². The quantitative estimate of drug-likeness (QED) is 0.753. The van der Waals surface area contributed by atoms with Gasteiger partial charge < -0.3 is 0 Å². The number of rotatable bonds is 2. The minimum absolute atomic E-state index is 0.766. The number of nitrogens with zero attached hydrogens (tertiary/aromatic N) is 3. The molecule has 1 rings (SSSR count). The fourth-order valence-electron chi connectivity index (χ4n) is 0.937. The fraction of sp³-hybridized carbons (Fsp3) is 0.538. The van der Waals surface area contributed by atoms with Crippen molar-refractivity contribution in [3.05, 3.63) is 23.8 Å². The predicted octanol–water partition coefficient (Wildman–Crippen LogP) is 4.16. The molecule has 0 unspecified atom stereocenters. The smallest absolute Gasteiger partial charge is 0.155 e. The van der Waals surface area contributed by atoms with Crippen LogP contribution in [-0.2, 0) is 0 Å². The van der Waals surface area contributed by atoms with Crippen molar-refractivity contribution in [2.24, 2.45) is 0 Å². The summed E-state index contributed by atoms with van der Waals surface area (Å²) < 4.78 is 1.67. The third kappa shape index (κ3) is 6.17. The van der Waals surface area contributed by atoms with Crippen molar-refractivity contribution in [2.75, 3.05) is 0 Å². The molecule has 16 heavy (non-hydrogen) atoms. The molecule has 0 aliphatic carbocycles. The molecular formula is C13H25N3. The zero-order valence-electron chi connectivity index (χ0n) is 11.7. The number of hydrogen-bond acceptors (Lipinski definition) is 2. The lowest BCUT2D eigenvalue weighted by Gasteiger charge is -1.93. The van der Waals surface area contributed by atoms with Gasteiger partial charge in [0.15, 0.2) is 5.82 Å². The highest BCUT2D eigenvalue weighted by atomic mass is 15.3. The van der Waals surface area contributed by atoms with Crippen LogP contribution in [0.4, 0.5) is 0 Å². The Hall–Kier alpha value is -1.38. The maximum atomic E-state index is 4.23. The Bertz CT molecular complexity index is 318. The predicted molar refractivity (Wildman–Crippen MR) is 73.2 cm³/mol. The van der Waals surface area contributed by atoms with Gasteiger partial charge in [0.25, 0.3) is 0 Å². The first-order valence-electron chi connectivity index (χ1n) is 5.84. The monoisotopic (exact) mass is 223 g/mol. The zero-order valence-corrected chi connectivity index (χ0v) is 11.7. The van der Waals surface area contributed by atoms with E-state index < -0.39 is 0 Å². The molecule has 3 nitrogen and oxygen atoms in total. The topological polar surface area (TPSA) is 30.7 Å². The molecule has 0 spiro atoms. The Morgan fingerprint density at radius 1 is 1.19 bits per heavy atom. The maximum absolute atomic E-state index is 4.23. The van der Waals surface area contributed by atoms with Gasteiger partial charge in [-0.1, -0.05) is 39.8 Å². The van der Waals surface area contributed by atoms with Crippen molar-refractivity contribution in [2.45, 2.75) is 48.5 Å². The van der Waals surface area contributed by atoms with Crippen molar-refractivity contribution >= 4 is 12.3 Å². The molecule has 0 amide bonds. The molecule has 92 valence electrons. The lowest BCUT2D eigenvalue weighted by atomic mass is 10.3. The SMILES string of the molecule is C=Cn1nc(C)nc1C=C(C)C.CC.CC. The fourth-order valence-corrected chi connectivity index (χ4v) is 0.937. The first-order valence-corrected chi connectivity index (χ1v) is 5.84. The average molecular weight is 223 g/mol. The normalized spacial score (nSPS) is 7.94. The summed E-state index contributed by atoms with van der Waals surface area (Å²) in [7, 11) is 0. The van der Waals surface area contributed by atoms with Gasteiger partial charge in [0.05, 0.1) is 0 Å². The molecule has 0 fully saturated rings. The van der Waals surface area contributed by atoms with Crippen molar-refractivity contribution in [1.29, 1.82) is 0 Å². The summed E-state index contributed by atoms with van der Waals surface area (Å²) >= 11 is 0. The summed E-state index contributed by atoms with van der Waals surface area (Å²) in [5, 5.41) is 4.13. The van der Waals surface area contributed by atoms with Crippen molar-refractivity contribution in [1.82, 2.24) is 14.8 Å². The molecule has 0 bridgehead atoms. The molecule has 1 heterocycles. The molecule has 0 saturated carbocycles. The number of aryl methyl sites for hydroxylation is 1. The summed E-state index contributed by atoms with van der Waals surface area (Å²) in [6.45, 7) is 17.6. The van der Waals surface area contributed by atoms with E-state index in [4.69, 9.17) is 0 Å². The van der Waals surface area contributed by atoms with Crippen LogP contribution in [0.2, 0.25) is 0 Å². The molecule has 0 N–H and O–H groups in total. The van der Waals surface area contributed by atoms with Crippen molar-refractivity contribution < 1.29 is 0 Å². The molecular weight excluding hydrogens is 198 g/mol. The highest BCUT2D eigenvalue weighted by molar-refractivity contribution is 5.46. The molecule has 0 aromatic carbocycles. The summed E-state index contributed by atoms with van der Waals surface area (Å²) in [6, 6.07) is 0. The van der Waals surface area contributed by atoms with Crippen LogP contribution >= 0.6 is 0 Å². The second-order valence-corrected chi connectivity index (χ2v) is 2.87. The van der Waals surface area contributed by atoms with Crippen LogP contribution < -0.4 is 0 Å². The molecule has 0 atom stereocenters. The summed E-state index contributed by atoms with van der Waals surface area (Å²) in [5.74, 6) is 1.60. The van der Waals surface area contributed by atoms with Crippen LogP contribution in [0.15, 0.2) is 12.2 Å². The van der Waals surface area contributed by atoms with Gasteiger partial charge in [-0.25, -0.2) is 9.67 Å². The first kappa shape index (κ1) is 17.0. The summed E-state index contributed by atoms with van der Waals surface area (Å²) in [4.78, 5) is 4.23. The highest BCUT2D eigenvalue weighted by Gasteiger charge is 2.00. The van der Waals surface area contributed by atoms with E-state index in [-0.39, 0.29) is 0 Å². The van der Waals surface area contributed by atoms with Gasteiger partial charge in [-0.3, -0.25) is 0 Å². The Labute approximate surface area is 99.9 Å². The molecule has 0 saturated heterocycles. The van der Waals surface area contributed by atoms with E-state index >= 15 is 0 Å². The van der Waals surface area contributed by atoms with Gasteiger partial charge in [-0.05, 0) is 26.8 Å². The number of aromatic nitrogens is 3. The number of hydrogen-bond donors (Lipinski definition) is 0. The van der Waals surface area contributed by atoms with E-state index in [0.717, 1.165) is 11.6 Å².